The molecule has 1 aromatic rings. The maximum atomic E-state index is 10.8. The Morgan fingerprint density at radius 1 is 1.57 bits per heavy atom. The fourth-order valence-electron chi connectivity index (χ4n) is 1.50. The minimum Gasteiger partial charge on any atom is -0.365 e. The van der Waals surface area contributed by atoms with E-state index in [2.05, 4.69) is 0 Å². The number of nitrogens with zero attached hydrogens (tertiary/aromatic N) is 1. The highest BCUT2D eigenvalue weighted by atomic mass is 16.6. The van der Waals surface area contributed by atoms with E-state index in [9.17, 15) is 10.1 Å². The quantitative estimate of drug-likeness (QED) is 0.410. The molecule has 1 aromatic carbocycles. The number of benzene rings is 1. The van der Waals surface area contributed by atoms with Crippen LogP contribution in [0.5, 0.6) is 0 Å². The lowest BCUT2D eigenvalue weighted by Crippen LogP contribution is -2.06. The molecule has 4 nitrogen and oxygen atoms in total. The number of epoxide rings is 1. The minimum atomic E-state index is -0.436. The fraction of sp³-hybridized carbons (Fsp3) is 0.400. The van der Waals surface area contributed by atoms with E-state index in [-0.39, 0.29) is 10.6 Å². The summed E-state index contributed by atoms with van der Waals surface area (Å²) in [7, 11) is 0. The average molecular weight is 193 g/mol. The van der Waals surface area contributed by atoms with E-state index >= 15 is 0 Å². The van der Waals surface area contributed by atoms with Crippen molar-refractivity contribution in [1.82, 2.24) is 0 Å². The van der Waals surface area contributed by atoms with Gasteiger partial charge in [-0.1, -0.05) is 11.6 Å². The van der Waals surface area contributed by atoms with Gasteiger partial charge in [0, 0.05) is 6.07 Å². The van der Waals surface area contributed by atoms with E-state index in [1.807, 2.05) is 19.9 Å². The van der Waals surface area contributed by atoms with E-state index in [1.54, 1.807) is 6.07 Å². The Kier molecular flexibility index (Phi) is 1.82. The van der Waals surface area contributed by atoms with E-state index in [0.717, 1.165) is 5.56 Å². The third-order valence-corrected chi connectivity index (χ3v) is 2.50. The van der Waals surface area contributed by atoms with Gasteiger partial charge in [0.2, 0.25) is 0 Å². The Bertz CT molecular complexity index is 396. The van der Waals surface area contributed by atoms with E-state index in [0.29, 0.717) is 12.2 Å². The van der Waals surface area contributed by atoms with E-state index in [1.165, 1.54) is 6.07 Å². The highest BCUT2D eigenvalue weighted by molar-refractivity contribution is 5.47. The van der Waals surface area contributed by atoms with Gasteiger partial charge in [-0.05, 0) is 19.9 Å². The lowest BCUT2D eigenvalue weighted by atomic mass is 9.98. The molecule has 0 amide bonds. The van der Waals surface area contributed by atoms with Gasteiger partial charge < -0.3 is 4.74 Å². The summed E-state index contributed by atoms with van der Waals surface area (Å²) >= 11 is 0. The van der Waals surface area contributed by atoms with Crippen molar-refractivity contribution < 1.29 is 9.66 Å². The summed E-state index contributed by atoms with van der Waals surface area (Å²) in [6.45, 7) is 4.35. The first kappa shape index (κ1) is 9.15. The topological polar surface area (TPSA) is 55.7 Å². The zero-order valence-corrected chi connectivity index (χ0v) is 8.11. The van der Waals surface area contributed by atoms with Crippen molar-refractivity contribution in [3.8, 4) is 0 Å². The molecule has 0 N–H and O–H groups in total. The molecule has 2 rings (SSSR count). The largest absolute Gasteiger partial charge is 0.365 e. The molecular formula is C10H11NO3. The molecule has 1 fully saturated rings. The van der Waals surface area contributed by atoms with Crippen LogP contribution in [0.15, 0.2) is 18.2 Å². The lowest BCUT2D eigenvalue weighted by molar-refractivity contribution is -0.386. The predicted molar refractivity (Wildman–Crippen MR) is 51.1 cm³/mol. The molecule has 0 bridgehead atoms. The predicted octanol–water partition coefficient (Wildman–Crippen LogP) is 2.15. The van der Waals surface area contributed by atoms with Crippen molar-refractivity contribution in [2.45, 2.75) is 19.4 Å². The summed E-state index contributed by atoms with van der Waals surface area (Å²) in [6, 6.07) is 5.11. The van der Waals surface area contributed by atoms with Crippen LogP contribution in [0.1, 0.15) is 18.1 Å². The van der Waals surface area contributed by atoms with Gasteiger partial charge in [-0.25, -0.2) is 0 Å². The van der Waals surface area contributed by atoms with Crippen LogP contribution in [0.2, 0.25) is 0 Å². The van der Waals surface area contributed by atoms with E-state index < -0.39 is 5.60 Å². The van der Waals surface area contributed by atoms with Gasteiger partial charge in [-0.3, -0.25) is 10.1 Å². The Balaban J connectivity index is 2.54. The highest BCUT2D eigenvalue weighted by Crippen LogP contribution is 2.42. The standard InChI is InChI=1S/C10H11NO3/c1-7-3-4-9(11(12)13)8(5-7)10(2)6-14-10/h3-5H,6H2,1-2H3. The fourth-order valence-corrected chi connectivity index (χ4v) is 1.50. The zero-order valence-electron chi connectivity index (χ0n) is 8.11. The third-order valence-electron chi connectivity index (χ3n) is 2.50. The monoisotopic (exact) mass is 193 g/mol. The van der Waals surface area contributed by atoms with Crippen LogP contribution < -0.4 is 0 Å². The summed E-state index contributed by atoms with van der Waals surface area (Å²) in [5.74, 6) is 0. The van der Waals surface area contributed by atoms with Gasteiger partial charge in [0.15, 0.2) is 0 Å². The van der Waals surface area contributed by atoms with Crippen molar-refractivity contribution in [1.29, 1.82) is 0 Å². The first-order chi connectivity index (χ1) is 6.53. The Labute approximate surface area is 81.7 Å². The second-order valence-corrected chi connectivity index (χ2v) is 3.80. The summed E-state index contributed by atoms with van der Waals surface area (Å²) < 4.78 is 5.22. The van der Waals surface area contributed by atoms with Gasteiger partial charge in [0.25, 0.3) is 5.69 Å². The molecule has 4 heteroatoms. The molecule has 0 saturated carbocycles. The number of rotatable bonds is 2. The molecule has 0 aliphatic carbocycles. The number of ether oxygens (including phenoxy) is 1. The third kappa shape index (κ3) is 1.37. The number of hydrogen-bond acceptors (Lipinski definition) is 3. The summed E-state index contributed by atoms with van der Waals surface area (Å²) in [5, 5.41) is 10.8. The summed E-state index contributed by atoms with van der Waals surface area (Å²) in [4.78, 5) is 10.4. The molecule has 74 valence electrons. The first-order valence-electron chi connectivity index (χ1n) is 4.42. The minimum absolute atomic E-state index is 0.149. The van der Waals surface area contributed by atoms with Crippen molar-refractivity contribution >= 4 is 5.69 Å². The molecule has 14 heavy (non-hydrogen) atoms. The van der Waals surface area contributed by atoms with Gasteiger partial charge in [-0.2, -0.15) is 0 Å². The Morgan fingerprint density at radius 3 is 2.71 bits per heavy atom. The molecule has 0 aromatic heterocycles. The summed E-state index contributed by atoms with van der Waals surface area (Å²) in [6.07, 6.45) is 0. The molecule has 1 unspecified atom stereocenters. The number of hydrogen-bond donors (Lipinski definition) is 0. The second kappa shape index (κ2) is 2.78. The molecule has 1 aliphatic rings. The van der Waals surface area contributed by atoms with E-state index in [4.69, 9.17) is 4.74 Å². The molecule has 0 spiro atoms. The van der Waals surface area contributed by atoms with Gasteiger partial charge in [0.1, 0.15) is 5.60 Å². The second-order valence-electron chi connectivity index (χ2n) is 3.80. The lowest BCUT2D eigenvalue weighted by Gasteiger charge is -2.07. The Morgan fingerprint density at radius 2 is 2.21 bits per heavy atom. The molecular weight excluding hydrogens is 182 g/mol. The van der Waals surface area contributed by atoms with Crippen LogP contribution in [0.3, 0.4) is 0 Å². The Hall–Kier alpha value is -1.42. The zero-order chi connectivity index (χ0) is 10.3. The maximum Gasteiger partial charge on any atom is 0.275 e. The van der Waals surface area contributed by atoms with Crippen LogP contribution >= 0.6 is 0 Å². The van der Waals surface area contributed by atoms with Crippen LogP contribution in [0, 0.1) is 17.0 Å². The SMILES string of the molecule is Cc1ccc([N+](=O)[O-])c(C2(C)CO2)c1. The highest BCUT2D eigenvalue weighted by Gasteiger charge is 2.45. The first-order valence-corrected chi connectivity index (χ1v) is 4.42. The number of nitro groups is 1. The molecule has 1 saturated heterocycles. The van der Waals surface area contributed by atoms with Crippen LogP contribution in [-0.4, -0.2) is 11.5 Å². The summed E-state index contributed by atoms with van der Waals surface area (Å²) in [5.41, 5.74) is 1.41. The molecule has 0 radical (unpaired) electrons. The molecule has 1 heterocycles. The number of nitro benzene ring substituents is 1. The van der Waals surface area contributed by atoms with Crippen LogP contribution in [-0.2, 0) is 10.3 Å². The average Bonchev–Trinajstić information content (AvgIpc) is 2.84. The normalized spacial score (nSPS) is 24.7. The van der Waals surface area contributed by atoms with Crippen LogP contribution in [0.4, 0.5) is 5.69 Å². The van der Waals surface area contributed by atoms with Crippen LogP contribution in [0.25, 0.3) is 0 Å². The smallest absolute Gasteiger partial charge is 0.275 e. The van der Waals surface area contributed by atoms with Gasteiger partial charge in [0.05, 0.1) is 17.1 Å². The number of aryl methyl sites for hydroxylation is 1. The van der Waals surface area contributed by atoms with Crippen molar-refractivity contribution in [3.63, 3.8) is 0 Å². The molecule has 1 atom stereocenters. The molecule has 1 aliphatic heterocycles. The van der Waals surface area contributed by atoms with Gasteiger partial charge >= 0.3 is 0 Å². The van der Waals surface area contributed by atoms with Crippen molar-refractivity contribution in [3.05, 3.63) is 39.4 Å². The van der Waals surface area contributed by atoms with Gasteiger partial charge in [-0.15, -0.1) is 0 Å². The van der Waals surface area contributed by atoms with Crippen molar-refractivity contribution in [2.75, 3.05) is 6.61 Å². The maximum absolute atomic E-state index is 10.8. The van der Waals surface area contributed by atoms with Crippen molar-refractivity contribution in [2.24, 2.45) is 0 Å².